The van der Waals surface area contributed by atoms with E-state index < -0.39 is 231 Å². The normalized spacial score (nSPS) is 14.7. The highest BCUT2D eigenvalue weighted by Crippen LogP contribution is 2.13. The number of carboxylic acids is 3. The van der Waals surface area contributed by atoms with Gasteiger partial charge < -0.3 is 124 Å². The lowest BCUT2D eigenvalue weighted by Crippen LogP contribution is -2.61. The Kier molecular flexibility index (Phi) is 39.3. The van der Waals surface area contributed by atoms with Crippen molar-refractivity contribution in [1.29, 1.82) is 0 Å². The fraction of sp³-hybridized carbons (Fsp3) is 0.571. The Bertz CT molecular complexity index is 3360. The van der Waals surface area contributed by atoms with Crippen molar-refractivity contribution in [1.82, 2.24) is 73.8 Å². The van der Waals surface area contributed by atoms with E-state index >= 15 is 0 Å². The van der Waals surface area contributed by atoms with Gasteiger partial charge in [-0.25, -0.2) is 9.78 Å². The lowest BCUT2D eigenvalue weighted by Gasteiger charge is -2.28. The van der Waals surface area contributed by atoms with Crippen LogP contribution in [0.4, 0.5) is 4.79 Å². The van der Waals surface area contributed by atoms with Gasteiger partial charge in [0, 0.05) is 50.7 Å². The summed E-state index contributed by atoms with van der Waals surface area (Å²) in [6.07, 6.45) is -3.18. The number of imidazole rings is 1. The summed E-state index contributed by atoms with van der Waals surface area (Å²) in [6, 6.07) is -13.1. The molecule has 0 aliphatic rings. The summed E-state index contributed by atoms with van der Waals surface area (Å²) < 4.78 is 0. The molecule has 2 rings (SSSR count). The number of amides is 15. The second-order valence-corrected chi connectivity index (χ2v) is 25.0. The van der Waals surface area contributed by atoms with Crippen molar-refractivity contribution in [3.8, 4) is 0 Å². The van der Waals surface area contributed by atoms with E-state index in [1.807, 2.05) is 0 Å². The summed E-state index contributed by atoms with van der Waals surface area (Å²) in [5.74, 6) is -20.6. The SMILES string of the molecule is CC[C@H](C)[C@H](N)C(=O)N[C@@H](CO)C(=O)N[C@@H](CCC(=O)O)C(=O)N[C@@H](CCCNC(N)=O)C(=O)N[C@@H](CC(N)=O)C(=O)N[C@@H](CC(C)C)C(=O)N[C@@H](CC(=O)O)C(=O)N[C@@H](C)C(=O)N[C@@H](CCC(=O)O)C(=O)N[C@@H](Cc1ccccc1)C(=O)N[C@@H](CCCN=C(N)N)C(=O)N[C@@H](Cc1cnc[nH]1)C(N)=O. The molecule has 0 aliphatic carbocycles. The van der Waals surface area contributed by atoms with Gasteiger partial charge in [0.1, 0.15) is 66.5 Å². The molecule has 42 nitrogen and oxygen atoms in total. The van der Waals surface area contributed by atoms with Crippen LogP contribution in [0.1, 0.15) is 123 Å². The quantitative estimate of drug-likeness (QED) is 0.0166. The Labute approximate surface area is 602 Å². The third-order valence-electron chi connectivity index (χ3n) is 15.8. The number of aliphatic hydroxyl groups is 1. The number of benzene rings is 1. The summed E-state index contributed by atoms with van der Waals surface area (Å²) in [4.78, 5) is 236. The van der Waals surface area contributed by atoms with Crippen LogP contribution in [0.25, 0.3) is 0 Å². The van der Waals surface area contributed by atoms with Crippen molar-refractivity contribution in [2.75, 3.05) is 19.7 Å². The van der Waals surface area contributed by atoms with Crippen LogP contribution < -0.4 is 98.2 Å². The molecule has 582 valence electrons. The number of aliphatic imine (C=N–C) groups is 1. The van der Waals surface area contributed by atoms with E-state index in [9.17, 15) is 102 Å². The fourth-order valence-corrected chi connectivity index (χ4v) is 9.86. The number of urea groups is 1. The van der Waals surface area contributed by atoms with E-state index in [-0.39, 0.29) is 63.5 Å². The number of aliphatic carboxylic acids is 3. The third kappa shape index (κ3) is 34.8. The number of nitrogens with zero attached hydrogens (tertiary/aromatic N) is 2. The molecule has 13 atom stereocenters. The van der Waals surface area contributed by atoms with Crippen LogP contribution in [0.2, 0.25) is 0 Å². The van der Waals surface area contributed by atoms with Crippen LogP contribution in [-0.4, -0.2) is 229 Å². The first-order chi connectivity index (χ1) is 49.3. The number of nitrogens with two attached hydrogens (primary N) is 6. The molecule has 0 unspecified atom stereocenters. The summed E-state index contributed by atoms with van der Waals surface area (Å²) in [7, 11) is 0. The van der Waals surface area contributed by atoms with Crippen molar-refractivity contribution in [3.05, 3.63) is 54.1 Å². The first-order valence-electron chi connectivity index (χ1n) is 33.4. The number of hydrogen-bond acceptors (Lipinski definition) is 21. The zero-order chi connectivity index (χ0) is 79.2. The molecule has 42 heteroatoms. The molecule has 0 fully saturated rings. The predicted octanol–water partition coefficient (Wildman–Crippen LogP) is -7.97. The minimum absolute atomic E-state index is 0.0188. The molecule has 0 radical (unpaired) electrons. The minimum atomic E-state index is -2.07. The molecular formula is C63H99N21O21. The van der Waals surface area contributed by atoms with Crippen molar-refractivity contribution in [2.24, 2.45) is 51.2 Å². The molecule has 15 amide bonds. The molecule has 1 aromatic heterocycles. The number of aromatic nitrogens is 2. The number of aromatic amines is 1. The van der Waals surface area contributed by atoms with Crippen LogP contribution in [0, 0.1) is 11.8 Å². The molecule has 0 saturated carbocycles. The van der Waals surface area contributed by atoms with E-state index in [1.54, 1.807) is 58.0 Å². The first kappa shape index (κ1) is 89.5. The predicted molar refractivity (Wildman–Crippen MR) is 369 cm³/mol. The van der Waals surface area contributed by atoms with Gasteiger partial charge in [0.15, 0.2) is 5.96 Å². The molecular weight excluding hydrogens is 1390 g/mol. The largest absolute Gasteiger partial charge is 0.481 e. The van der Waals surface area contributed by atoms with Gasteiger partial charge >= 0.3 is 23.9 Å². The second-order valence-electron chi connectivity index (χ2n) is 25.0. The van der Waals surface area contributed by atoms with E-state index in [4.69, 9.17) is 34.4 Å². The minimum Gasteiger partial charge on any atom is -0.481 e. The summed E-state index contributed by atoms with van der Waals surface area (Å²) in [5.41, 5.74) is 34.1. The fourth-order valence-electron chi connectivity index (χ4n) is 9.86. The van der Waals surface area contributed by atoms with Crippen molar-refractivity contribution >= 4 is 107 Å². The van der Waals surface area contributed by atoms with Crippen LogP contribution >= 0.6 is 0 Å². The Morgan fingerprint density at radius 3 is 1.40 bits per heavy atom. The molecule has 29 N–H and O–H groups in total. The highest BCUT2D eigenvalue weighted by molar-refractivity contribution is 6.01. The zero-order valence-electron chi connectivity index (χ0n) is 58.7. The van der Waals surface area contributed by atoms with E-state index in [0.29, 0.717) is 17.7 Å². The molecule has 105 heavy (non-hydrogen) atoms. The van der Waals surface area contributed by atoms with Crippen LogP contribution in [0.5, 0.6) is 0 Å². The highest BCUT2D eigenvalue weighted by Gasteiger charge is 2.38. The number of guanidine groups is 1. The zero-order valence-corrected chi connectivity index (χ0v) is 58.7. The van der Waals surface area contributed by atoms with Crippen molar-refractivity contribution < 1.29 is 102 Å². The van der Waals surface area contributed by atoms with Gasteiger partial charge in [0.2, 0.25) is 76.8 Å². The molecule has 2 aromatic rings. The Hall–Kier alpha value is -11.6. The number of H-pyrrole nitrogens is 1. The van der Waals surface area contributed by atoms with Crippen molar-refractivity contribution in [2.45, 2.75) is 197 Å². The Morgan fingerprint density at radius 1 is 0.495 bits per heavy atom. The number of aliphatic hydroxyl groups excluding tert-OH is 1. The number of primary amides is 3. The van der Waals surface area contributed by atoms with Crippen LogP contribution in [0.15, 0.2) is 47.8 Å². The van der Waals surface area contributed by atoms with Gasteiger partial charge in [0.25, 0.3) is 0 Å². The average molecular weight is 1490 g/mol. The maximum absolute atomic E-state index is 14.4. The number of nitrogens with one attached hydrogen (secondary N) is 13. The lowest BCUT2D eigenvalue weighted by atomic mass is 9.99. The monoisotopic (exact) mass is 1490 g/mol. The van der Waals surface area contributed by atoms with E-state index in [1.165, 1.54) is 12.5 Å². The standard InChI is InChI=1S/C63H99N21O21/c1-6-31(4)49(65)61(104)84-44(28-85)60(103)78-38(17-19-47(89)90)54(97)76-36(15-11-21-72-63(69)105)53(96)82-42(25-45(64)86)59(102)80-40(22-30(2)3)57(100)83-43(26-48(91)92)56(99)74-32(5)51(94)75-37(16-18-46(87)88)55(98)81-41(23-33-12-8-7-9-13-33)58(101)77-35(14-10-20-71-62(67)68)52(95)79-39(50(66)93)24-34-27-70-29-73-34/h7-9,12-13,27,29-32,35-44,49,85H,6,10-11,14-26,28,65H2,1-5H3,(H2,64,86)(H2,66,93)(H,70,73)(H,74,99)(H,75,94)(H,76,97)(H,77,101)(H,78,103)(H,79,95)(H,80,102)(H,81,98)(H,82,96)(H,83,100)(H,84,104)(H,87,88)(H,89,90)(H,91,92)(H4,67,68,71)(H3,69,72,105)/t31-,32-,35-,36-,37-,38-,39-,40-,41-,42-,43-,44-,49-/m0/s1. The maximum atomic E-state index is 14.4. The number of rotatable bonds is 50. The summed E-state index contributed by atoms with van der Waals surface area (Å²) >= 11 is 0. The lowest BCUT2D eigenvalue weighted by molar-refractivity contribution is -0.142. The molecule has 0 bridgehead atoms. The third-order valence-corrected chi connectivity index (χ3v) is 15.8. The van der Waals surface area contributed by atoms with Gasteiger partial charge in [-0.05, 0) is 69.3 Å². The highest BCUT2D eigenvalue weighted by atomic mass is 16.4. The topological polar surface area (TPSA) is 713 Å². The Morgan fingerprint density at radius 2 is 0.933 bits per heavy atom. The molecule has 0 saturated heterocycles. The molecule has 1 heterocycles. The smallest absolute Gasteiger partial charge is 0.312 e. The van der Waals surface area contributed by atoms with Gasteiger partial charge in [-0.3, -0.25) is 81.7 Å². The maximum Gasteiger partial charge on any atom is 0.312 e. The van der Waals surface area contributed by atoms with Gasteiger partial charge in [0.05, 0.1) is 31.8 Å². The average Bonchev–Trinajstić information content (AvgIpc) is 0.952. The molecule has 0 aliphatic heterocycles. The number of carbonyl (C=O) groups excluding carboxylic acids is 14. The van der Waals surface area contributed by atoms with Crippen LogP contribution in [0.3, 0.4) is 0 Å². The van der Waals surface area contributed by atoms with Crippen molar-refractivity contribution in [3.63, 3.8) is 0 Å². The van der Waals surface area contributed by atoms with E-state index in [0.717, 1.165) is 6.92 Å². The number of carboxylic acid groups (broad SMARTS) is 3. The van der Waals surface area contributed by atoms with E-state index in [2.05, 4.69) is 78.8 Å². The summed E-state index contributed by atoms with van der Waals surface area (Å²) in [6.45, 7) is 6.34. The number of hydrogen-bond donors (Lipinski definition) is 23. The van der Waals surface area contributed by atoms with Gasteiger partial charge in [-0.15, -0.1) is 0 Å². The van der Waals surface area contributed by atoms with Gasteiger partial charge in [-0.1, -0.05) is 64.4 Å². The van der Waals surface area contributed by atoms with Crippen LogP contribution in [-0.2, 0) is 89.6 Å². The Balaban J connectivity index is 2.49. The molecule has 0 spiro atoms. The second kappa shape index (κ2) is 46.1. The number of carbonyl (C=O) groups is 17. The summed E-state index contributed by atoms with van der Waals surface area (Å²) in [5, 5.41) is 67.1. The first-order valence-corrected chi connectivity index (χ1v) is 33.4. The van der Waals surface area contributed by atoms with Gasteiger partial charge in [-0.2, -0.15) is 0 Å². The molecule has 1 aromatic carbocycles.